The molecule has 106 valence electrons. The first-order valence-electron chi connectivity index (χ1n) is 6.23. The first kappa shape index (κ1) is 14.7. The summed E-state index contributed by atoms with van der Waals surface area (Å²) in [6, 6.07) is 1.74. The van der Waals surface area contributed by atoms with Crippen molar-refractivity contribution in [3.63, 3.8) is 0 Å². The molecule has 1 aliphatic rings. The van der Waals surface area contributed by atoms with E-state index in [2.05, 4.69) is 25.9 Å². The molecule has 0 saturated carbocycles. The highest BCUT2D eigenvalue weighted by Gasteiger charge is 2.34. The molecule has 2 rings (SSSR count). The normalized spacial score (nSPS) is 23.8. The van der Waals surface area contributed by atoms with Crippen molar-refractivity contribution in [2.45, 2.75) is 35.8 Å². The van der Waals surface area contributed by atoms with Gasteiger partial charge in [-0.1, -0.05) is 22.4 Å². The van der Waals surface area contributed by atoms with Crippen molar-refractivity contribution in [2.24, 2.45) is 0 Å². The summed E-state index contributed by atoms with van der Waals surface area (Å²) in [6.45, 7) is 0. The summed E-state index contributed by atoms with van der Waals surface area (Å²) in [4.78, 5) is 7.98. The van der Waals surface area contributed by atoms with Gasteiger partial charge in [-0.3, -0.25) is 0 Å². The van der Waals surface area contributed by atoms with Crippen LogP contribution in [0.15, 0.2) is 12.4 Å². The summed E-state index contributed by atoms with van der Waals surface area (Å²) in [5.74, 6) is 0.795. The lowest BCUT2D eigenvalue weighted by Crippen LogP contribution is -2.36. The van der Waals surface area contributed by atoms with Crippen molar-refractivity contribution < 1.29 is 13.2 Å². The van der Waals surface area contributed by atoms with E-state index in [9.17, 15) is 8.42 Å². The minimum absolute atomic E-state index is 0.114. The van der Waals surface area contributed by atoms with E-state index in [-0.39, 0.29) is 10.1 Å². The van der Waals surface area contributed by atoms with Gasteiger partial charge in [-0.05, 0) is 12.8 Å². The molecular formula is C12H17BrN2O3S. The third kappa shape index (κ3) is 3.66. The average Bonchev–Trinajstić information content (AvgIpc) is 2.38. The molecule has 1 aliphatic heterocycles. The molecule has 2 unspecified atom stereocenters. The standard InChI is InChI=1S/C12H17BrN2O3S/c1-18-12-7-9(14-8-15-12)6-10(13)11-4-2-3-5-19(11,16)17/h7-8,10-11H,2-6H2,1H3. The lowest BCUT2D eigenvalue weighted by molar-refractivity contribution is 0.395. The Morgan fingerprint density at radius 2 is 2.26 bits per heavy atom. The summed E-state index contributed by atoms with van der Waals surface area (Å²) in [6.07, 6.45) is 4.46. The van der Waals surface area contributed by atoms with Gasteiger partial charge in [-0.2, -0.15) is 0 Å². The number of halogens is 1. The highest BCUT2D eigenvalue weighted by Crippen LogP contribution is 2.28. The molecule has 1 aromatic rings. The van der Waals surface area contributed by atoms with Gasteiger partial charge in [0.15, 0.2) is 9.84 Å². The Bertz CT molecular complexity index is 536. The molecule has 0 bridgehead atoms. The molecule has 2 atom stereocenters. The second-order valence-corrected chi connectivity index (χ2v) is 8.19. The lowest BCUT2D eigenvalue weighted by Gasteiger charge is -2.26. The van der Waals surface area contributed by atoms with Crippen molar-refractivity contribution in [3.05, 3.63) is 18.1 Å². The minimum atomic E-state index is -2.98. The van der Waals surface area contributed by atoms with Crippen LogP contribution in [0, 0.1) is 0 Å². The van der Waals surface area contributed by atoms with Gasteiger partial charge in [0, 0.05) is 23.0 Å². The van der Waals surface area contributed by atoms with Gasteiger partial charge in [0.1, 0.15) is 6.33 Å². The van der Waals surface area contributed by atoms with Crippen LogP contribution < -0.4 is 4.74 Å². The third-order valence-corrected chi connectivity index (χ3v) is 7.00. The second kappa shape index (κ2) is 6.17. The molecule has 2 heterocycles. The maximum atomic E-state index is 12.0. The van der Waals surface area contributed by atoms with E-state index in [4.69, 9.17) is 4.74 Å². The van der Waals surface area contributed by atoms with Crippen LogP contribution in [-0.4, -0.2) is 41.3 Å². The maximum Gasteiger partial charge on any atom is 0.216 e. The summed E-state index contributed by atoms with van der Waals surface area (Å²) in [5.41, 5.74) is 0.787. The van der Waals surface area contributed by atoms with Gasteiger partial charge in [-0.25, -0.2) is 18.4 Å². The van der Waals surface area contributed by atoms with Crippen LogP contribution in [0.4, 0.5) is 0 Å². The van der Waals surface area contributed by atoms with Crippen LogP contribution in [0.2, 0.25) is 0 Å². The summed E-state index contributed by atoms with van der Waals surface area (Å²) in [5, 5.41) is -0.317. The second-order valence-electron chi connectivity index (χ2n) is 4.67. The molecule has 0 aliphatic carbocycles. The molecule has 1 saturated heterocycles. The van der Waals surface area contributed by atoms with Crippen molar-refractivity contribution in [3.8, 4) is 5.88 Å². The van der Waals surface area contributed by atoms with Crippen molar-refractivity contribution in [1.82, 2.24) is 9.97 Å². The van der Waals surface area contributed by atoms with Crippen molar-refractivity contribution in [2.75, 3.05) is 12.9 Å². The Morgan fingerprint density at radius 3 is 2.95 bits per heavy atom. The highest BCUT2D eigenvalue weighted by molar-refractivity contribution is 9.09. The van der Waals surface area contributed by atoms with E-state index in [1.165, 1.54) is 6.33 Å². The molecule has 7 heteroatoms. The zero-order chi connectivity index (χ0) is 13.9. The highest BCUT2D eigenvalue weighted by atomic mass is 79.9. The molecule has 1 aromatic heterocycles. The van der Waals surface area contributed by atoms with Crippen molar-refractivity contribution >= 4 is 25.8 Å². The minimum Gasteiger partial charge on any atom is -0.481 e. The van der Waals surface area contributed by atoms with E-state index >= 15 is 0 Å². The number of hydrogen-bond donors (Lipinski definition) is 0. The molecule has 19 heavy (non-hydrogen) atoms. The van der Waals surface area contributed by atoms with Crippen LogP contribution in [0.1, 0.15) is 25.0 Å². The first-order chi connectivity index (χ1) is 9.03. The van der Waals surface area contributed by atoms with Gasteiger partial charge >= 0.3 is 0 Å². The quantitative estimate of drug-likeness (QED) is 0.775. The molecule has 0 amide bonds. The van der Waals surface area contributed by atoms with E-state index in [0.29, 0.717) is 18.1 Å². The Hall–Kier alpha value is -0.690. The van der Waals surface area contributed by atoms with Crippen LogP contribution in [0.25, 0.3) is 0 Å². The van der Waals surface area contributed by atoms with Crippen LogP contribution in [0.5, 0.6) is 5.88 Å². The van der Waals surface area contributed by atoms with Gasteiger partial charge < -0.3 is 4.74 Å². The number of rotatable bonds is 4. The van der Waals surface area contributed by atoms with Crippen molar-refractivity contribution in [1.29, 1.82) is 0 Å². The average molecular weight is 349 g/mol. The maximum absolute atomic E-state index is 12.0. The lowest BCUT2D eigenvalue weighted by atomic mass is 10.1. The number of methoxy groups -OCH3 is 1. The number of alkyl halides is 1. The molecular weight excluding hydrogens is 332 g/mol. The Morgan fingerprint density at radius 1 is 1.47 bits per heavy atom. The van der Waals surface area contributed by atoms with Crippen LogP contribution in [-0.2, 0) is 16.3 Å². The number of hydrogen-bond acceptors (Lipinski definition) is 5. The van der Waals surface area contributed by atoms with Gasteiger partial charge in [0.05, 0.1) is 18.1 Å². The largest absolute Gasteiger partial charge is 0.481 e. The zero-order valence-corrected chi connectivity index (χ0v) is 13.2. The Labute approximate surface area is 121 Å². The predicted octanol–water partition coefficient (Wildman–Crippen LogP) is 1.76. The molecule has 1 fully saturated rings. The smallest absolute Gasteiger partial charge is 0.216 e. The molecule has 0 N–H and O–H groups in total. The van der Waals surface area contributed by atoms with E-state index < -0.39 is 9.84 Å². The topological polar surface area (TPSA) is 69.2 Å². The van der Waals surface area contributed by atoms with Crippen LogP contribution >= 0.6 is 15.9 Å². The van der Waals surface area contributed by atoms with Crippen LogP contribution in [0.3, 0.4) is 0 Å². The van der Waals surface area contributed by atoms with Gasteiger partial charge in [0.2, 0.25) is 5.88 Å². The fourth-order valence-corrected chi connectivity index (χ4v) is 5.88. The fourth-order valence-electron chi connectivity index (χ4n) is 2.32. The molecule has 0 radical (unpaired) electrons. The van der Waals surface area contributed by atoms with E-state index in [1.54, 1.807) is 13.2 Å². The molecule has 0 aromatic carbocycles. The zero-order valence-electron chi connectivity index (χ0n) is 10.8. The predicted molar refractivity (Wildman–Crippen MR) is 76.4 cm³/mol. The van der Waals surface area contributed by atoms with E-state index in [1.807, 2.05) is 0 Å². The van der Waals surface area contributed by atoms with Gasteiger partial charge in [0.25, 0.3) is 0 Å². The van der Waals surface area contributed by atoms with Gasteiger partial charge in [-0.15, -0.1) is 0 Å². The monoisotopic (exact) mass is 348 g/mol. The Balaban J connectivity index is 2.09. The molecule has 0 spiro atoms. The Kier molecular flexibility index (Phi) is 4.78. The summed E-state index contributed by atoms with van der Waals surface area (Å²) in [7, 11) is -1.44. The van der Waals surface area contributed by atoms with E-state index in [0.717, 1.165) is 25.0 Å². The summed E-state index contributed by atoms with van der Waals surface area (Å²) >= 11 is 3.52. The SMILES string of the molecule is COc1cc(CC(Br)C2CCCCS2(=O)=O)ncn1. The summed E-state index contributed by atoms with van der Waals surface area (Å²) < 4.78 is 29.1. The number of ether oxygens (including phenoxy) is 1. The molecule has 5 nitrogen and oxygen atoms in total. The first-order valence-corrected chi connectivity index (χ1v) is 8.86. The number of aromatic nitrogens is 2. The number of nitrogens with zero attached hydrogens (tertiary/aromatic N) is 2. The number of sulfone groups is 1. The third-order valence-electron chi connectivity index (χ3n) is 3.34. The fraction of sp³-hybridized carbons (Fsp3) is 0.667.